The van der Waals surface area contributed by atoms with E-state index in [2.05, 4.69) is 5.32 Å². The maximum absolute atomic E-state index is 13.7. The lowest BCUT2D eigenvalue weighted by Gasteiger charge is -2.26. The van der Waals surface area contributed by atoms with Crippen molar-refractivity contribution in [2.45, 2.75) is 51.6 Å². The van der Waals surface area contributed by atoms with Gasteiger partial charge in [-0.1, -0.05) is 25.0 Å². The van der Waals surface area contributed by atoms with Crippen LogP contribution in [0.4, 0.5) is 4.39 Å². The third-order valence-electron chi connectivity index (χ3n) is 5.79. The van der Waals surface area contributed by atoms with Crippen molar-refractivity contribution >= 4 is 29.5 Å². The Labute approximate surface area is 169 Å². The molecule has 3 rings (SSSR count). The number of benzene rings is 1. The van der Waals surface area contributed by atoms with E-state index in [9.17, 15) is 18.8 Å². The summed E-state index contributed by atoms with van der Waals surface area (Å²) in [5, 5.41) is 2.79. The van der Waals surface area contributed by atoms with Gasteiger partial charge in [-0.25, -0.2) is 4.39 Å². The lowest BCUT2D eigenvalue weighted by molar-refractivity contribution is -0.148. The molecule has 0 spiro atoms. The Balaban J connectivity index is 1.73. The Hall–Kier alpha value is -1.89. The molecule has 1 aromatic carbocycles. The lowest BCUT2D eigenvalue weighted by Crippen LogP contribution is -2.50. The van der Waals surface area contributed by atoms with E-state index >= 15 is 0 Å². The standard InChI is InChI=1S/C21H27FN2O3S/c1-13-7-8-14(11-17(13)22)12-23-19(25)18(9-10-28-2)24-20(26)15-5-3-4-6-16(15)21(24)27/h7-8,11,15-16,18H,3-6,9-10,12H2,1-2H3,(H,23,25). The Kier molecular flexibility index (Phi) is 6.75. The molecule has 28 heavy (non-hydrogen) atoms. The monoisotopic (exact) mass is 406 g/mol. The summed E-state index contributed by atoms with van der Waals surface area (Å²) in [7, 11) is 0. The van der Waals surface area contributed by atoms with Crippen molar-refractivity contribution < 1.29 is 18.8 Å². The van der Waals surface area contributed by atoms with Gasteiger partial charge in [-0.05, 0) is 55.4 Å². The van der Waals surface area contributed by atoms with Crippen LogP contribution in [-0.2, 0) is 20.9 Å². The van der Waals surface area contributed by atoms with Gasteiger partial charge in [0, 0.05) is 6.54 Å². The van der Waals surface area contributed by atoms with Gasteiger partial charge in [0.05, 0.1) is 11.8 Å². The Bertz CT molecular complexity index is 746. The predicted octanol–water partition coefficient (Wildman–Crippen LogP) is 3.05. The minimum atomic E-state index is -0.798. The number of nitrogens with zero attached hydrogens (tertiary/aromatic N) is 1. The highest BCUT2D eigenvalue weighted by Crippen LogP contribution is 2.39. The highest BCUT2D eigenvalue weighted by Gasteiger charge is 2.51. The SMILES string of the molecule is CSCCC(C(=O)NCc1ccc(C)c(F)c1)N1C(=O)C2CCCCC2C1=O. The molecule has 1 N–H and O–H groups in total. The van der Waals surface area contributed by atoms with Crippen LogP contribution in [0.25, 0.3) is 0 Å². The summed E-state index contributed by atoms with van der Waals surface area (Å²) in [5.74, 6) is -0.928. The first kappa shape index (κ1) is 20.8. The maximum Gasteiger partial charge on any atom is 0.243 e. The normalized spacial score (nSPS) is 22.9. The number of imide groups is 1. The van der Waals surface area contributed by atoms with Crippen molar-refractivity contribution in [1.82, 2.24) is 10.2 Å². The van der Waals surface area contributed by atoms with Crippen LogP contribution in [0.5, 0.6) is 0 Å². The van der Waals surface area contributed by atoms with Crippen molar-refractivity contribution in [3.05, 3.63) is 35.1 Å². The number of rotatable bonds is 7. The van der Waals surface area contributed by atoms with E-state index in [1.165, 1.54) is 11.0 Å². The summed E-state index contributed by atoms with van der Waals surface area (Å²) < 4.78 is 13.7. The molecule has 3 amide bonds. The first-order valence-corrected chi connectivity index (χ1v) is 11.2. The van der Waals surface area contributed by atoms with Gasteiger partial charge >= 0.3 is 0 Å². The molecule has 5 nitrogen and oxygen atoms in total. The van der Waals surface area contributed by atoms with Gasteiger partial charge in [-0.3, -0.25) is 19.3 Å². The van der Waals surface area contributed by atoms with Crippen LogP contribution in [0, 0.1) is 24.6 Å². The van der Waals surface area contributed by atoms with E-state index in [4.69, 9.17) is 0 Å². The summed E-state index contributed by atoms with van der Waals surface area (Å²) in [6.07, 6.45) is 5.71. The number of aryl methyl sites for hydroxylation is 1. The van der Waals surface area contributed by atoms with Gasteiger partial charge in [-0.15, -0.1) is 0 Å². The minimum Gasteiger partial charge on any atom is -0.350 e. The van der Waals surface area contributed by atoms with Crippen LogP contribution in [-0.4, -0.2) is 40.7 Å². The molecular formula is C21H27FN2O3S. The summed E-state index contributed by atoms with van der Waals surface area (Å²) in [6, 6.07) is 4.03. The predicted molar refractivity (Wildman–Crippen MR) is 107 cm³/mol. The number of hydrogen-bond donors (Lipinski definition) is 1. The zero-order valence-corrected chi connectivity index (χ0v) is 17.2. The van der Waals surface area contributed by atoms with Crippen LogP contribution >= 0.6 is 11.8 Å². The maximum atomic E-state index is 13.7. The number of thioether (sulfide) groups is 1. The molecule has 0 aromatic heterocycles. The van der Waals surface area contributed by atoms with Gasteiger partial charge in [0.2, 0.25) is 17.7 Å². The Morgan fingerprint density at radius 3 is 2.46 bits per heavy atom. The molecule has 2 fully saturated rings. The molecule has 152 valence electrons. The zero-order valence-electron chi connectivity index (χ0n) is 16.4. The Morgan fingerprint density at radius 2 is 1.89 bits per heavy atom. The smallest absolute Gasteiger partial charge is 0.243 e. The summed E-state index contributed by atoms with van der Waals surface area (Å²) >= 11 is 1.57. The number of carbonyl (C=O) groups excluding carboxylic acids is 3. The fourth-order valence-electron chi connectivity index (χ4n) is 4.16. The molecule has 1 saturated carbocycles. The van der Waals surface area contributed by atoms with Crippen LogP contribution in [0.2, 0.25) is 0 Å². The number of hydrogen-bond acceptors (Lipinski definition) is 4. The van der Waals surface area contributed by atoms with E-state index in [1.807, 2.05) is 6.26 Å². The third-order valence-corrected chi connectivity index (χ3v) is 6.43. The number of amides is 3. The molecule has 3 atom stereocenters. The van der Waals surface area contributed by atoms with E-state index < -0.39 is 6.04 Å². The lowest BCUT2D eigenvalue weighted by atomic mass is 9.81. The third kappa shape index (κ3) is 4.24. The number of nitrogens with one attached hydrogen (secondary N) is 1. The molecular weight excluding hydrogens is 379 g/mol. The second kappa shape index (κ2) is 9.07. The second-order valence-electron chi connectivity index (χ2n) is 7.64. The van der Waals surface area contributed by atoms with E-state index in [0.717, 1.165) is 25.7 Å². The topological polar surface area (TPSA) is 66.5 Å². The molecule has 7 heteroatoms. The highest BCUT2D eigenvalue weighted by molar-refractivity contribution is 7.98. The van der Waals surface area contributed by atoms with Crippen molar-refractivity contribution in [1.29, 1.82) is 0 Å². The van der Waals surface area contributed by atoms with E-state index in [-0.39, 0.29) is 41.9 Å². The van der Waals surface area contributed by atoms with Crippen LogP contribution in [0.15, 0.2) is 18.2 Å². The largest absolute Gasteiger partial charge is 0.350 e. The van der Waals surface area contributed by atoms with Crippen LogP contribution < -0.4 is 5.32 Å². The van der Waals surface area contributed by atoms with Gasteiger partial charge < -0.3 is 5.32 Å². The molecule has 1 aliphatic carbocycles. The first-order chi connectivity index (χ1) is 13.4. The van der Waals surface area contributed by atoms with E-state index in [1.54, 1.807) is 30.8 Å². The summed E-state index contributed by atoms with van der Waals surface area (Å²) in [5.41, 5.74) is 1.19. The molecule has 1 aliphatic heterocycles. The average molecular weight is 407 g/mol. The van der Waals surface area contributed by atoms with Crippen molar-refractivity contribution in [3.8, 4) is 0 Å². The van der Waals surface area contributed by atoms with Gasteiger partial charge in [0.1, 0.15) is 11.9 Å². The number of carbonyl (C=O) groups is 3. The minimum absolute atomic E-state index is 0.162. The number of fused-ring (bicyclic) bond motifs is 1. The quantitative estimate of drug-likeness (QED) is 0.707. The number of likely N-dealkylation sites (tertiary alicyclic amines) is 1. The molecule has 1 aromatic rings. The number of halogens is 1. The Morgan fingerprint density at radius 1 is 1.25 bits per heavy atom. The zero-order chi connectivity index (χ0) is 20.3. The molecule has 3 unspecified atom stereocenters. The summed E-state index contributed by atoms with van der Waals surface area (Å²) in [6.45, 7) is 1.84. The first-order valence-electron chi connectivity index (χ1n) is 9.82. The van der Waals surface area contributed by atoms with Crippen molar-refractivity contribution in [2.75, 3.05) is 12.0 Å². The van der Waals surface area contributed by atoms with Crippen molar-refractivity contribution in [3.63, 3.8) is 0 Å². The highest BCUT2D eigenvalue weighted by atomic mass is 32.2. The van der Waals surface area contributed by atoms with Gasteiger partial charge in [0.15, 0.2) is 0 Å². The molecule has 1 saturated heterocycles. The second-order valence-corrected chi connectivity index (χ2v) is 8.63. The molecule has 0 bridgehead atoms. The molecule has 2 aliphatic rings. The van der Waals surface area contributed by atoms with E-state index in [0.29, 0.717) is 23.3 Å². The van der Waals surface area contributed by atoms with Crippen molar-refractivity contribution in [2.24, 2.45) is 11.8 Å². The van der Waals surface area contributed by atoms with Gasteiger partial charge in [-0.2, -0.15) is 11.8 Å². The van der Waals surface area contributed by atoms with Crippen LogP contribution in [0.3, 0.4) is 0 Å². The average Bonchev–Trinajstić information content (AvgIpc) is 2.94. The molecule has 1 heterocycles. The van der Waals surface area contributed by atoms with Crippen LogP contribution in [0.1, 0.15) is 43.2 Å². The fraction of sp³-hybridized carbons (Fsp3) is 0.571. The van der Waals surface area contributed by atoms with Gasteiger partial charge in [0.25, 0.3) is 0 Å². The molecule has 0 radical (unpaired) electrons. The fourth-order valence-corrected chi connectivity index (χ4v) is 4.61. The summed E-state index contributed by atoms with van der Waals surface area (Å²) in [4.78, 5) is 39.9.